The maximum Gasteiger partial charge on any atom is 0.251 e. The van der Waals surface area contributed by atoms with Gasteiger partial charge in [0.2, 0.25) is 5.91 Å². The molecule has 0 radical (unpaired) electrons. The Bertz CT molecular complexity index is 1090. The summed E-state index contributed by atoms with van der Waals surface area (Å²) in [5, 5.41) is 2.55. The molecule has 1 aliphatic heterocycles. The number of Topliss-reactive ketones (excluding diaryl/α,β-unsaturated/α-hetero) is 1. The molecule has 0 aliphatic carbocycles. The summed E-state index contributed by atoms with van der Waals surface area (Å²) in [6.07, 6.45) is 0. The minimum absolute atomic E-state index is 0.00416. The quantitative estimate of drug-likeness (QED) is 0.637. The normalized spacial score (nSPS) is 19.4. The Hall–Kier alpha value is -3.04. The molecule has 2 aromatic rings. The summed E-state index contributed by atoms with van der Waals surface area (Å²) in [7, 11) is -2.36. The average Bonchev–Trinajstić information content (AvgIpc) is 3.12. The highest BCUT2D eigenvalue weighted by molar-refractivity contribution is 7.90. The van der Waals surface area contributed by atoms with E-state index in [1.54, 1.807) is 67.6 Å². The first-order valence-electron chi connectivity index (χ1n) is 10.1. The third-order valence-electron chi connectivity index (χ3n) is 5.58. The average molecular weight is 459 g/mol. The number of nitrogens with zero attached hydrogens (tertiary/aromatic N) is 1. The first kappa shape index (κ1) is 23.6. The molecular formula is C23H26N2O6S. The molecule has 1 saturated heterocycles. The molecule has 170 valence electrons. The van der Waals surface area contributed by atoms with E-state index in [1.807, 2.05) is 0 Å². The molecule has 2 aromatic carbocycles. The Balaban J connectivity index is 1.85. The molecule has 0 aromatic heterocycles. The molecule has 8 nitrogen and oxygen atoms in total. The van der Waals surface area contributed by atoms with Crippen LogP contribution in [0.25, 0.3) is 0 Å². The van der Waals surface area contributed by atoms with Crippen molar-refractivity contribution in [3.63, 3.8) is 0 Å². The van der Waals surface area contributed by atoms with Gasteiger partial charge in [-0.3, -0.25) is 14.4 Å². The lowest BCUT2D eigenvalue weighted by molar-refractivity contribution is -0.142. The predicted octanol–water partition coefficient (Wildman–Crippen LogP) is 1.22. The highest BCUT2D eigenvalue weighted by Crippen LogP contribution is 2.22. The van der Waals surface area contributed by atoms with E-state index in [-0.39, 0.29) is 24.7 Å². The smallest absolute Gasteiger partial charge is 0.251 e. The van der Waals surface area contributed by atoms with Crippen LogP contribution in [-0.2, 0) is 29.9 Å². The fraction of sp³-hybridized carbons (Fsp3) is 0.348. The van der Waals surface area contributed by atoms with Gasteiger partial charge >= 0.3 is 0 Å². The molecule has 0 bridgehead atoms. The molecule has 0 saturated carbocycles. The zero-order chi connectivity index (χ0) is 23.4. The van der Waals surface area contributed by atoms with Crippen LogP contribution in [0.15, 0.2) is 60.7 Å². The Morgan fingerprint density at radius 3 is 2.25 bits per heavy atom. The maximum atomic E-state index is 13.3. The van der Waals surface area contributed by atoms with Crippen LogP contribution in [0.2, 0.25) is 0 Å². The van der Waals surface area contributed by atoms with E-state index in [4.69, 9.17) is 4.74 Å². The first-order valence-corrected chi connectivity index (χ1v) is 11.9. The number of carbonyl (C=O) groups excluding carboxylic acids is 3. The highest BCUT2D eigenvalue weighted by Gasteiger charge is 2.46. The van der Waals surface area contributed by atoms with Gasteiger partial charge < -0.3 is 15.0 Å². The molecule has 9 heteroatoms. The van der Waals surface area contributed by atoms with Gasteiger partial charge in [-0.05, 0) is 24.6 Å². The fourth-order valence-corrected chi connectivity index (χ4v) is 5.04. The van der Waals surface area contributed by atoms with Crippen molar-refractivity contribution in [2.45, 2.75) is 24.3 Å². The Morgan fingerprint density at radius 1 is 1.09 bits per heavy atom. The standard InChI is InChI=1S/C23H26N2O6S/c1-23(16-31-13-20(23)26)25(2)22(28)19(24-21(27)18-11-7-4-8-12-18)15-32(29,30)14-17-9-5-3-6-10-17/h3-12,19H,13-16H2,1-2H3,(H,24,27). The third-order valence-corrected chi connectivity index (χ3v) is 7.19. The summed E-state index contributed by atoms with van der Waals surface area (Å²) in [5.74, 6) is -2.41. The zero-order valence-electron chi connectivity index (χ0n) is 18.0. The topological polar surface area (TPSA) is 110 Å². The summed E-state index contributed by atoms with van der Waals surface area (Å²) in [6.45, 7) is 1.44. The van der Waals surface area contributed by atoms with Gasteiger partial charge in [-0.2, -0.15) is 0 Å². The number of hydrogen-bond donors (Lipinski definition) is 1. The predicted molar refractivity (Wildman–Crippen MR) is 119 cm³/mol. The van der Waals surface area contributed by atoms with Crippen LogP contribution in [0.4, 0.5) is 0 Å². The van der Waals surface area contributed by atoms with Gasteiger partial charge in [-0.25, -0.2) is 8.42 Å². The van der Waals surface area contributed by atoms with Crippen LogP contribution in [0.1, 0.15) is 22.8 Å². The van der Waals surface area contributed by atoms with Crippen LogP contribution in [0, 0.1) is 0 Å². The van der Waals surface area contributed by atoms with Gasteiger partial charge in [-0.15, -0.1) is 0 Å². The van der Waals surface area contributed by atoms with Crippen LogP contribution in [-0.4, -0.2) is 68.5 Å². The number of ketones is 1. The molecule has 2 atom stereocenters. The van der Waals surface area contributed by atoms with Gasteiger partial charge in [0.05, 0.1) is 18.1 Å². The number of hydrogen-bond acceptors (Lipinski definition) is 6. The van der Waals surface area contributed by atoms with Gasteiger partial charge in [-0.1, -0.05) is 48.5 Å². The van der Waals surface area contributed by atoms with Gasteiger partial charge in [0.25, 0.3) is 5.91 Å². The van der Waals surface area contributed by atoms with Crippen LogP contribution in [0.3, 0.4) is 0 Å². The summed E-state index contributed by atoms with van der Waals surface area (Å²) in [4.78, 5) is 39.5. The van der Waals surface area contributed by atoms with E-state index < -0.39 is 39.0 Å². The fourth-order valence-electron chi connectivity index (χ4n) is 3.49. The number of sulfone groups is 1. The van der Waals surface area contributed by atoms with E-state index in [0.29, 0.717) is 11.1 Å². The van der Waals surface area contributed by atoms with E-state index in [9.17, 15) is 22.8 Å². The second kappa shape index (κ2) is 9.62. The number of nitrogens with one attached hydrogen (secondary N) is 1. The molecule has 2 unspecified atom stereocenters. The van der Waals surface area contributed by atoms with E-state index in [1.165, 1.54) is 11.9 Å². The number of amides is 2. The third kappa shape index (κ3) is 5.41. The van der Waals surface area contributed by atoms with Crippen molar-refractivity contribution in [1.29, 1.82) is 0 Å². The molecule has 0 spiro atoms. The van der Waals surface area contributed by atoms with Crippen molar-refractivity contribution in [3.05, 3.63) is 71.8 Å². The molecule has 2 amide bonds. The lowest BCUT2D eigenvalue weighted by Crippen LogP contribution is -2.59. The Kier molecular flexibility index (Phi) is 7.10. The number of ether oxygens (including phenoxy) is 1. The molecule has 1 heterocycles. The molecule has 3 rings (SSSR count). The minimum atomic E-state index is -3.78. The summed E-state index contributed by atoms with van der Waals surface area (Å²) in [5.41, 5.74) is -0.358. The lowest BCUT2D eigenvalue weighted by Gasteiger charge is -2.35. The number of likely N-dealkylation sites (N-methyl/N-ethyl adjacent to an activating group) is 1. The van der Waals surface area contributed by atoms with Gasteiger partial charge in [0.1, 0.15) is 18.2 Å². The second-order valence-corrected chi connectivity index (χ2v) is 10.1. The lowest BCUT2D eigenvalue weighted by atomic mass is 9.97. The van der Waals surface area contributed by atoms with E-state index in [0.717, 1.165) is 0 Å². The van der Waals surface area contributed by atoms with Crippen molar-refractivity contribution in [3.8, 4) is 0 Å². The van der Waals surface area contributed by atoms with E-state index in [2.05, 4.69) is 5.32 Å². The molecule has 1 fully saturated rings. The first-order chi connectivity index (χ1) is 15.1. The summed E-state index contributed by atoms with van der Waals surface area (Å²) in [6, 6.07) is 15.4. The SMILES string of the molecule is CN(C(=O)C(CS(=O)(=O)Cc1ccccc1)NC(=O)c1ccccc1)C1(C)COCC1=O. The van der Waals surface area contributed by atoms with Crippen LogP contribution in [0.5, 0.6) is 0 Å². The van der Waals surface area contributed by atoms with Crippen molar-refractivity contribution < 1.29 is 27.5 Å². The van der Waals surface area contributed by atoms with Crippen molar-refractivity contribution >= 4 is 27.4 Å². The van der Waals surface area contributed by atoms with E-state index >= 15 is 0 Å². The van der Waals surface area contributed by atoms with Crippen LogP contribution < -0.4 is 5.32 Å². The Labute approximate surface area is 187 Å². The summed E-state index contributed by atoms with van der Waals surface area (Å²) < 4.78 is 31.0. The van der Waals surface area contributed by atoms with Crippen LogP contribution >= 0.6 is 0 Å². The van der Waals surface area contributed by atoms with Crippen molar-refractivity contribution in [1.82, 2.24) is 10.2 Å². The van der Waals surface area contributed by atoms with Crippen molar-refractivity contribution in [2.75, 3.05) is 26.0 Å². The number of carbonyl (C=O) groups is 3. The molecular weight excluding hydrogens is 432 g/mol. The highest BCUT2D eigenvalue weighted by atomic mass is 32.2. The number of benzene rings is 2. The zero-order valence-corrected chi connectivity index (χ0v) is 18.8. The Morgan fingerprint density at radius 2 is 1.69 bits per heavy atom. The monoisotopic (exact) mass is 458 g/mol. The number of rotatable bonds is 8. The largest absolute Gasteiger partial charge is 0.371 e. The molecule has 32 heavy (non-hydrogen) atoms. The molecule has 1 aliphatic rings. The maximum absolute atomic E-state index is 13.3. The van der Waals surface area contributed by atoms with Gasteiger partial charge in [0, 0.05) is 12.6 Å². The molecule has 1 N–H and O–H groups in total. The second-order valence-electron chi connectivity index (χ2n) is 8.02. The van der Waals surface area contributed by atoms with Gasteiger partial charge in [0.15, 0.2) is 15.6 Å². The van der Waals surface area contributed by atoms with Crippen molar-refractivity contribution in [2.24, 2.45) is 0 Å². The summed E-state index contributed by atoms with van der Waals surface area (Å²) >= 11 is 0. The minimum Gasteiger partial charge on any atom is -0.371 e.